The second-order valence-corrected chi connectivity index (χ2v) is 7.19. The van der Waals surface area contributed by atoms with Gasteiger partial charge in [-0.15, -0.1) is 0 Å². The van der Waals surface area contributed by atoms with Crippen molar-refractivity contribution in [1.82, 2.24) is 0 Å². The number of piperazine rings is 1. The van der Waals surface area contributed by atoms with Crippen molar-refractivity contribution < 1.29 is 14.1 Å². The van der Waals surface area contributed by atoms with Crippen molar-refractivity contribution in [2.45, 2.75) is 13.0 Å². The molecule has 3 rings (SSSR count). The Morgan fingerprint density at radius 1 is 1.15 bits per heavy atom. The molecule has 1 saturated heterocycles. The van der Waals surface area contributed by atoms with Crippen LogP contribution in [0.15, 0.2) is 42.5 Å². The first-order valence-corrected chi connectivity index (χ1v) is 9.32. The monoisotopic (exact) mass is 396 g/mol. The van der Waals surface area contributed by atoms with E-state index in [1.54, 1.807) is 30.3 Å². The number of benzene rings is 2. The van der Waals surface area contributed by atoms with Crippen molar-refractivity contribution in [2.24, 2.45) is 0 Å². The van der Waals surface area contributed by atoms with Gasteiger partial charge in [0.2, 0.25) is 0 Å². The predicted octanol–water partition coefficient (Wildman–Crippen LogP) is 2.86. The van der Waals surface area contributed by atoms with Crippen LogP contribution in [-0.4, -0.2) is 38.1 Å². The first-order chi connectivity index (χ1) is 12.5. The third-order valence-corrected chi connectivity index (χ3v) is 5.63. The van der Waals surface area contributed by atoms with Gasteiger partial charge in [0.1, 0.15) is 5.82 Å². The van der Waals surface area contributed by atoms with E-state index in [1.165, 1.54) is 6.07 Å². The van der Waals surface area contributed by atoms with Crippen LogP contribution in [0.25, 0.3) is 0 Å². The Morgan fingerprint density at radius 2 is 1.85 bits per heavy atom. The summed E-state index contributed by atoms with van der Waals surface area (Å²) in [5.74, 6) is -0.319. The van der Waals surface area contributed by atoms with E-state index in [0.717, 1.165) is 18.0 Å². The minimum Gasteiger partial charge on any atom is -0.358 e. The third-order valence-electron chi connectivity index (χ3n) is 4.81. The van der Waals surface area contributed by atoms with Crippen LogP contribution in [0.4, 0.5) is 15.8 Å². The topological polar surface area (TPSA) is 36.8 Å². The maximum atomic E-state index is 13.9. The number of quaternary nitrogens is 1. The van der Waals surface area contributed by atoms with Gasteiger partial charge in [0.15, 0.2) is 6.04 Å². The Labute approximate surface area is 162 Å². The molecule has 2 aromatic carbocycles. The van der Waals surface area contributed by atoms with E-state index < -0.39 is 0 Å². The second-order valence-electron chi connectivity index (χ2n) is 6.41. The van der Waals surface area contributed by atoms with E-state index in [2.05, 4.69) is 5.32 Å². The highest BCUT2D eigenvalue weighted by molar-refractivity contribution is 6.44. The van der Waals surface area contributed by atoms with Gasteiger partial charge in [-0.25, -0.2) is 4.39 Å². The van der Waals surface area contributed by atoms with Gasteiger partial charge in [0.05, 0.1) is 47.6 Å². The molecule has 1 atom stereocenters. The van der Waals surface area contributed by atoms with E-state index in [-0.39, 0.29) is 17.8 Å². The van der Waals surface area contributed by atoms with Crippen molar-refractivity contribution in [1.29, 1.82) is 0 Å². The number of halogens is 3. The molecule has 0 aromatic heterocycles. The zero-order valence-corrected chi connectivity index (χ0v) is 15.9. The van der Waals surface area contributed by atoms with Gasteiger partial charge in [-0.3, -0.25) is 4.79 Å². The number of hydrogen-bond acceptors (Lipinski definition) is 2. The number of anilines is 2. The fraction of sp³-hybridized carbons (Fsp3) is 0.316. The maximum absolute atomic E-state index is 13.9. The Balaban J connectivity index is 1.59. The van der Waals surface area contributed by atoms with Gasteiger partial charge in [-0.1, -0.05) is 41.4 Å². The smallest absolute Gasteiger partial charge is 0.282 e. The SMILES string of the molecule is C[C@@H](C(=O)Nc1cccc(Cl)c1Cl)[NH+]1CCN(c2ccccc2F)CC1. The summed E-state index contributed by atoms with van der Waals surface area (Å²) in [6, 6.07) is 11.7. The van der Waals surface area contributed by atoms with Crippen LogP contribution in [0.2, 0.25) is 10.0 Å². The number of hydrogen-bond donors (Lipinski definition) is 2. The summed E-state index contributed by atoms with van der Waals surface area (Å²) < 4.78 is 13.9. The maximum Gasteiger partial charge on any atom is 0.282 e. The summed E-state index contributed by atoms with van der Waals surface area (Å²) in [7, 11) is 0. The number of nitrogens with one attached hydrogen (secondary N) is 2. The van der Waals surface area contributed by atoms with E-state index >= 15 is 0 Å². The zero-order valence-electron chi connectivity index (χ0n) is 14.4. The highest BCUT2D eigenvalue weighted by Gasteiger charge is 2.30. The van der Waals surface area contributed by atoms with Crippen molar-refractivity contribution >= 4 is 40.5 Å². The van der Waals surface area contributed by atoms with E-state index in [1.807, 2.05) is 17.9 Å². The lowest BCUT2D eigenvalue weighted by molar-refractivity contribution is -0.914. The molecule has 0 spiro atoms. The summed E-state index contributed by atoms with van der Waals surface area (Å²) in [5.41, 5.74) is 1.13. The van der Waals surface area contributed by atoms with Gasteiger partial charge in [-0.05, 0) is 31.2 Å². The highest BCUT2D eigenvalue weighted by atomic mass is 35.5. The lowest BCUT2D eigenvalue weighted by atomic mass is 10.2. The predicted molar refractivity (Wildman–Crippen MR) is 104 cm³/mol. The van der Waals surface area contributed by atoms with Crippen LogP contribution in [0.1, 0.15) is 6.92 Å². The molecule has 4 nitrogen and oxygen atoms in total. The van der Waals surface area contributed by atoms with E-state index in [9.17, 15) is 9.18 Å². The molecule has 0 saturated carbocycles. The molecular formula is C19H21Cl2FN3O+. The molecule has 0 unspecified atom stereocenters. The van der Waals surface area contributed by atoms with Crippen molar-refractivity contribution in [3.05, 3.63) is 58.3 Å². The minimum atomic E-state index is -0.243. The second kappa shape index (κ2) is 8.25. The molecule has 1 aliphatic heterocycles. The molecule has 1 fully saturated rings. The average Bonchev–Trinajstić information content (AvgIpc) is 2.65. The number of rotatable bonds is 4. The molecule has 1 amide bonds. The molecule has 0 bridgehead atoms. The Kier molecular flexibility index (Phi) is 6.01. The van der Waals surface area contributed by atoms with Gasteiger partial charge >= 0.3 is 0 Å². The van der Waals surface area contributed by atoms with Gasteiger partial charge < -0.3 is 15.1 Å². The average molecular weight is 397 g/mol. The Hall–Kier alpha value is -1.82. The molecule has 26 heavy (non-hydrogen) atoms. The summed E-state index contributed by atoms with van der Waals surface area (Å²) >= 11 is 12.1. The Bertz CT molecular complexity index is 794. The lowest BCUT2D eigenvalue weighted by Gasteiger charge is -2.36. The van der Waals surface area contributed by atoms with Crippen LogP contribution in [0.5, 0.6) is 0 Å². The van der Waals surface area contributed by atoms with Crippen LogP contribution in [0, 0.1) is 5.82 Å². The van der Waals surface area contributed by atoms with E-state index in [4.69, 9.17) is 23.2 Å². The third kappa shape index (κ3) is 4.11. The molecule has 2 N–H and O–H groups in total. The highest BCUT2D eigenvalue weighted by Crippen LogP contribution is 2.29. The first-order valence-electron chi connectivity index (χ1n) is 8.56. The van der Waals surface area contributed by atoms with Gasteiger partial charge in [-0.2, -0.15) is 0 Å². The quantitative estimate of drug-likeness (QED) is 0.833. The van der Waals surface area contributed by atoms with Crippen molar-refractivity contribution in [3.8, 4) is 0 Å². The summed E-state index contributed by atoms with van der Waals surface area (Å²) in [6.45, 7) is 4.80. The molecule has 138 valence electrons. The summed E-state index contributed by atoms with van der Waals surface area (Å²) in [4.78, 5) is 15.8. The largest absolute Gasteiger partial charge is 0.358 e. The number of nitrogens with zero attached hydrogens (tertiary/aromatic N) is 1. The fourth-order valence-electron chi connectivity index (χ4n) is 3.20. The van der Waals surface area contributed by atoms with Gasteiger partial charge in [0, 0.05) is 0 Å². The standard InChI is InChI=1S/C19H20Cl2FN3O/c1-13(19(26)23-16-7-4-5-14(20)18(16)21)24-9-11-25(12-10-24)17-8-3-2-6-15(17)22/h2-8,13H,9-12H2,1H3,(H,23,26)/p+1/t13-/m0/s1. The normalized spacial score (nSPS) is 16.4. The molecule has 0 radical (unpaired) electrons. The van der Waals surface area contributed by atoms with Crippen LogP contribution in [-0.2, 0) is 4.79 Å². The van der Waals surface area contributed by atoms with Crippen molar-refractivity contribution in [2.75, 3.05) is 36.4 Å². The first kappa shape index (κ1) is 19.0. The van der Waals surface area contributed by atoms with Crippen LogP contribution in [0.3, 0.4) is 0 Å². The number of carbonyl (C=O) groups excluding carboxylic acids is 1. The van der Waals surface area contributed by atoms with Crippen molar-refractivity contribution in [3.63, 3.8) is 0 Å². The Morgan fingerprint density at radius 3 is 2.54 bits per heavy atom. The fourth-order valence-corrected chi connectivity index (χ4v) is 3.55. The molecular weight excluding hydrogens is 376 g/mol. The zero-order chi connectivity index (χ0) is 18.7. The number of carbonyl (C=O) groups is 1. The molecule has 0 aliphatic carbocycles. The molecule has 1 aliphatic rings. The molecule has 1 heterocycles. The van der Waals surface area contributed by atoms with Gasteiger partial charge in [0.25, 0.3) is 5.91 Å². The summed E-state index contributed by atoms with van der Waals surface area (Å²) in [6.07, 6.45) is 0. The molecule has 7 heteroatoms. The number of amides is 1. The summed E-state index contributed by atoms with van der Waals surface area (Å²) in [5, 5.41) is 3.60. The molecule has 2 aromatic rings. The van der Waals surface area contributed by atoms with Crippen LogP contribution >= 0.6 is 23.2 Å². The number of para-hydroxylation sites is 1. The van der Waals surface area contributed by atoms with E-state index in [0.29, 0.717) is 34.5 Å². The minimum absolute atomic E-state index is 0.108. The van der Waals surface area contributed by atoms with Crippen LogP contribution < -0.4 is 15.1 Å². The lowest BCUT2D eigenvalue weighted by Crippen LogP contribution is -3.19.